The van der Waals surface area contributed by atoms with Gasteiger partial charge in [0.2, 0.25) is 0 Å². The first kappa shape index (κ1) is 20.8. The van der Waals surface area contributed by atoms with Crippen molar-refractivity contribution in [1.29, 1.82) is 0 Å². The SMILES string of the molecule is CCOC(=O)/C(C)=C\c1ccc(OC/C=C(\C)CCC=C(C)C)cc1. The maximum atomic E-state index is 11.6. The minimum Gasteiger partial charge on any atom is -0.490 e. The summed E-state index contributed by atoms with van der Waals surface area (Å²) in [5, 5.41) is 0. The average Bonchev–Trinajstić information content (AvgIpc) is 2.56. The van der Waals surface area contributed by atoms with Crippen molar-refractivity contribution in [3.63, 3.8) is 0 Å². The molecule has 0 heterocycles. The fourth-order valence-corrected chi connectivity index (χ4v) is 2.18. The number of benzene rings is 1. The van der Waals surface area contributed by atoms with Gasteiger partial charge in [-0.1, -0.05) is 29.4 Å². The van der Waals surface area contributed by atoms with Gasteiger partial charge in [0.05, 0.1) is 6.61 Å². The molecule has 1 rings (SSSR count). The van der Waals surface area contributed by atoms with Gasteiger partial charge < -0.3 is 9.47 Å². The first-order valence-electron chi connectivity index (χ1n) is 8.79. The lowest BCUT2D eigenvalue weighted by Gasteiger charge is -2.06. The van der Waals surface area contributed by atoms with E-state index in [0.29, 0.717) is 18.8 Å². The molecule has 25 heavy (non-hydrogen) atoms. The summed E-state index contributed by atoms with van der Waals surface area (Å²) in [7, 11) is 0. The van der Waals surface area contributed by atoms with Crippen LogP contribution in [0.2, 0.25) is 0 Å². The maximum Gasteiger partial charge on any atom is 0.333 e. The lowest BCUT2D eigenvalue weighted by molar-refractivity contribution is -0.138. The van der Waals surface area contributed by atoms with Crippen LogP contribution in [-0.2, 0) is 9.53 Å². The zero-order valence-corrected chi connectivity index (χ0v) is 16.1. The molecule has 0 N–H and O–H groups in total. The third-order valence-corrected chi connectivity index (χ3v) is 3.63. The summed E-state index contributed by atoms with van der Waals surface area (Å²) < 4.78 is 10.7. The van der Waals surface area contributed by atoms with E-state index in [4.69, 9.17) is 9.47 Å². The van der Waals surface area contributed by atoms with Crippen molar-refractivity contribution >= 4 is 12.0 Å². The van der Waals surface area contributed by atoms with Crippen LogP contribution in [-0.4, -0.2) is 19.2 Å². The van der Waals surface area contributed by atoms with Crippen molar-refractivity contribution in [3.05, 3.63) is 58.7 Å². The number of allylic oxidation sites excluding steroid dienone is 3. The van der Waals surface area contributed by atoms with Crippen LogP contribution in [0, 0.1) is 0 Å². The molecule has 0 saturated heterocycles. The van der Waals surface area contributed by atoms with E-state index in [9.17, 15) is 4.79 Å². The van der Waals surface area contributed by atoms with Gasteiger partial charge in [0.1, 0.15) is 12.4 Å². The number of rotatable bonds is 9. The van der Waals surface area contributed by atoms with Gasteiger partial charge in [0.25, 0.3) is 0 Å². The third-order valence-electron chi connectivity index (χ3n) is 3.63. The Morgan fingerprint density at radius 1 is 1.04 bits per heavy atom. The quantitative estimate of drug-likeness (QED) is 0.327. The van der Waals surface area contributed by atoms with Crippen LogP contribution in [0.5, 0.6) is 5.75 Å². The van der Waals surface area contributed by atoms with Crippen molar-refractivity contribution < 1.29 is 14.3 Å². The minimum absolute atomic E-state index is 0.281. The van der Waals surface area contributed by atoms with Gasteiger partial charge in [-0.05, 0) is 77.3 Å². The molecule has 0 amide bonds. The highest BCUT2D eigenvalue weighted by Gasteiger charge is 2.04. The Morgan fingerprint density at radius 3 is 2.32 bits per heavy atom. The second-order valence-corrected chi connectivity index (χ2v) is 6.30. The van der Waals surface area contributed by atoms with E-state index in [1.165, 1.54) is 11.1 Å². The molecule has 0 bridgehead atoms. The zero-order valence-electron chi connectivity index (χ0n) is 16.1. The number of ether oxygens (including phenoxy) is 2. The highest BCUT2D eigenvalue weighted by molar-refractivity contribution is 5.92. The maximum absolute atomic E-state index is 11.6. The van der Waals surface area contributed by atoms with Crippen molar-refractivity contribution in [1.82, 2.24) is 0 Å². The number of hydrogen-bond acceptors (Lipinski definition) is 3. The minimum atomic E-state index is -0.281. The Kier molecular flexibility index (Phi) is 9.38. The van der Waals surface area contributed by atoms with Crippen LogP contribution in [0.15, 0.2) is 53.1 Å². The Hall–Kier alpha value is -2.29. The summed E-state index contributed by atoms with van der Waals surface area (Å²) in [6, 6.07) is 7.69. The van der Waals surface area contributed by atoms with Crippen LogP contribution in [0.1, 0.15) is 53.0 Å². The topological polar surface area (TPSA) is 35.5 Å². The molecule has 0 aromatic heterocycles. The predicted octanol–water partition coefficient (Wildman–Crippen LogP) is 5.72. The molecular formula is C22H30O3. The van der Waals surface area contributed by atoms with Gasteiger partial charge in [-0.15, -0.1) is 0 Å². The van der Waals surface area contributed by atoms with E-state index in [0.717, 1.165) is 24.2 Å². The number of carbonyl (C=O) groups excluding carboxylic acids is 1. The van der Waals surface area contributed by atoms with Gasteiger partial charge >= 0.3 is 5.97 Å². The molecule has 0 aliphatic rings. The molecule has 0 aliphatic heterocycles. The highest BCUT2D eigenvalue weighted by atomic mass is 16.5. The summed E-state index contributed by atoms with van der Waals surface area (Å²) in [4.78, 5) is 11.6. The summed E-state index contributed by atoms with van der Waals surface area (Å²) in [5.41, 5.74) is 4.23. The van der Waals surface area contributed by atoms with E-state index >= 15 is 0 Å². The van der Waals surface area contributed by atoms with E-state index < -0.39 is 0 Å². The molecule has 1 aromatic carbocycles. The van der Waals surface area contributed by atoms with Crippen molar-refractivity contribution in [3.8, 4) is 5.75 Å². The first-order chi connectivity index (χ1) is 11.9. The van der Waals surface area contributed by atoms with Gasteiger partial charge in [0.15, 0.2) is 0 Å². The molecule has 0 aliphatic carbocycles. The second-order valence-electron chi connectivity index (χ2n) is 6.30. The molecule has 0 unspecified atom stereocenters. The van der Waals surface area contributed by atoms with E-state index in [-0.39, 0.29) is 5.97 Å². The molecule has 0 spiro atoms. The molecule has 1 aromatic rings. The van der Waals surface area contributed by atoms with Crippen LogP contribution in [0.3, 0.4) is 0 Å². The number of hydrogen-bond donors (Lipinski definition) is 0. The smallest absolute Gasteiger partial charge is 0.333 e. The van der Waals surface area contributed by atoms with Crippen molar-refractivity contribution in [2.24, 2.45) is 0 Å². The normalized spacial score (nSPS) is 11.9. The van der Waals surface area contributed by atoms with Crippen molar-refractivity contribution in [2.75, 3.05) is 13.2 Å². The monoisotopic (exact) mass is 342 g/mol. The second kappa shape index (κ2) is 11.3. The number of carbonyl (C=O) groups is 1. The van der Waals surface area contributed by atoms with Gasteiger partial charge in [-0.25, -0.2) is 4.79 Å². The molecule has 0 atom stereocenters. The fraction of sp³-hybridized carbons (Fsp3) is 0.409. The van der Waals surface area contributed by atoms with E-state index in [2.05, 4.69) is 32.9 Å². The molecule has 0 fully saturated rings. The summed E-state index contributed by atoms with van der Waals surface area (Å²) in [6.07, 6.45) is 8.33. The van der Waals surface area contributed by atoms with Crippen molar-refractivity contribution in [2.45, 2.75) is 47.5 Å². The highest BCUT2D eigenvalue weighted by Crippen LogP contribution is 2.15. The Balaban J connectivity index is 2.50. The average molecular weight is 342 g/mol. The Morgan fingerprint density at radius 2 is 1.72 bits per heavy atom. The standard InChI is InChI=1S/C22H30O3/c1-6-24-22(23)19(5)16-20-10-12-21(13-11-20)25-15-14-18(4)9-7-8-17(2)3/h8,10-14,16H,6-7,9,15H2,1-5H3/b18-14+,19-16-. The molecule has 0 saturated carbocycles. The fourth-order valence-electron chi connectivity index (χ4n) is 2.18. The largest absolute Gasteiger partial charge is 0.490 e. The summed E-state index contributed by atoms with van der Waals surface area (Å²) >= 11 is 0. The van der Waals surface area contributed by atoms with Crippen LogP contribution in [0.4, 0.5) is 0 Å². The molecule has 3 heteroatoms. The Labute approximate surface area is 152 Å². The first-order valence-corrected chi connectivity index (χ1v) is 8.79. The Bertz CT molecular complexity index is 630. The summed E-state index contributed by atoms with van der Waals surface area (Å²) in [6.45, 7) is 10.9. The molecular weight excluding hydrogens is 312 g/mol. The van der Waals surface area contributed by atoms with Crippen LogP contribution in [0.25, 0.3) is 6.08 Å². The van der Waals surface area contributed by atoms with Crippen LogP contribution >= 0.6 is 0 Å². The van der Waals surface area contributed by atoms with E-state index in [1.54, 1.807) is 13.8 Å². The van der Waals surface area contributed by atoms with E-state index in [1.807, 2.05) is 30.3 Å². The van der Waals surface area contributed by atoms with Crippen LogP contribution < -0.4 is 4.74 Å². The molecule has 136 valence electrons. The molecule has 0 radical (unpaired) electrons. The van der Waals surface area contributed by atoms with Gasteiger partial charge in [0, 0.05) is 5.57 Å². The van der Waals surface area contributed by atoms with Gasteiger partial charge in [-0.2, -0.15) is 0 Å². The lowest BCUT2D eigenvalue weighted by atomic mass is 10.1. The lowest BCUT2D eigenvalue weighted by Crippen LogP contribution is -2.04. The zero-order chi connectivity index (χ0) is 18.7. The third kappa shape index (κ3) is 8.94. The van der Waals surface area contributed by atoms with Gasteiger partial charge in [-0.3, -0.25) is 0 Å². The predicted molar refractivity (Wildman–Crippen MR) is 105 cm³/mol. The number of esters is 1. The molecule has 3 nitrogen and oxygen atoms in total. The summed E-state index contributed by atoms with van der Waals surface area (Å²) in [5.74, 6) is 0.538.